The minimum absolute atomic E-state index is 0.100. The van der Waals surface area contributed by atoms with Crippen LogP contribution in [0.5, 0.6) is 0 Å². The van der Waals surface area contributed by atoms with Crippen LogP contribution in [0.4, 0.5) is 4.79 Å². The molecule has 20 unspecified atom stereocenters. The van der Waals surface area contributed by atoms with Gasteiger partial charge in [-0.05, 0) is 113 Å². The number of rotatable bonds is 25. The molecule has 0 saturated carbocycles. The Morgan fingerprint density at radius 2 is 0.672 bits per heavy atom. The van der Waals surface area contributed by atoms with Crippen molar-refractivity contribution in [2.24, 2.45) is 107 Å². The molecule has 58 heavy (non-hydrogen) atoms. The van der Waals surface area contributed by atoms with Gasteiger partial charge in [0.2, 0.25) is 0 Å². The van der Waals surface area contributed by atoms with E-state index < -0.39 is 6.16 Å². The maximum atomic E-state index is 11.2. The van der Waals surface area contributed by atoms with Gasteiger partial charge in [0.05, 0.1) is 0 Å². The van der Waals surface area contributed by atoms with E-state index in [1.54, 1.807) is 0 Å². The van der Waals surface area contributed by atoms with Crippen molar-refractivity contribution in [3.63, 3.8) is 0 Å². The van der Waals surface area contributed by atoms with Gasteiger partial charge < -0.3 is 18.9 Å². The Morgan fingerprint density at radius 3 is 0.914 bits per heavy atom. The SMILES string of the molecule is C=C1OCC(CC=CC(C)C(C)C(C)C(C)C(C)C(C)C=CC(C)C(C)C(C)C(C)C(C)C(C)C=CC(C)C(C)C(C)C(C)C(C)C(C)C=CCC2COC(=O)O2)O1. The molecule has 0 spiro atoms. The Labute approximate surface area is 359 Å². The smallest absolute Gasteiger partial charge is 0.462 e. The molecule has 0 aromatic rings. The molecule has 334 valence electrons. The van der Waals surface area contributed by atoms with Gasteiger partial charge in [0.1, 0.15) is 25.4 Å². The van der Waals surface area contributed by atoms with Gasteiger partial charge in [-0.15, -0.1) is 0 Å². The third-order valence-electron chi connectivity index (χ3n) is 16.9. The van der Waals surface area contributed by atoms with Crippen molar-refractivity contribution in [3.8, 4) is 0 Å². The van der Waals surface area contributed by atoms with E-state index in [0.29, 0.717) is 126 Å². The van der Waals surface area contributed by atoms with E-state index in [4.69, 9.17) is 18.9 Å². The summed E-state index contributed by atoms with van der Waals surface area (Å²) in [7, 11) is 0. The predicted octanol–water partition coefficient (Wildman–Crippen LogP) is 14.9. The van der Waals surface area contributed by atoms with E-state index in [1.807, 2.05) is 0 Å². The largest absolute Gasteiger partial charge is 0.508 e. The molecular weight excluding hydrogens is 717 g/mol. The van der Waals surface area contributed by atoms with Crippen molar-refractivity contribution in [3.05, 3.63) is 61.1 Å². The van der Waals surface area contributed by atoms with E-state index in [-0.39, 0.29) is 12.2 Å². The second kappa shape index (κ2) is 24.7. The lowest BCUT2D eigenvalue weighted by Crippen LogP contribution is -2.29. The zero-order valence-electron chi connectivity index (χ0n) is 40.7. The number of cyclic esters (lactones) is 2. The second-order valence-corrected chi connectivity index (χ2v) is 20.3. The van der Waals surface area contributed by atoms with E-state index in [0.717, 1.165) is 12.8 Å². The first kappa shape index (κ1) is 51.7. The molecule has 5 nitrogen and oxygen atoms in total. The van der Waals surface area contributed by atoms with Gasteiger partial charge in [-0.1, -0.05) is 173 Å². The molecule has 0 aromatic heterocycles. The fraction of sp³-hybridized carbons (Fsp3) is 0.792. The van der Waals surface area contributed by atoms with Crippen molar-refractivity contribution >= 4 is 6.16 Å². The van der Waals surface area contributed by atoms with Crippen molar-refractivity contribution < 1.29 is 23.7 Å². The van der Waals surface area contributed by atoms with Crippen LogP contribution in [0.15, 0.2) is 61.1 Å². The molecule has 0 N–H and O–H groups in total. The lowest BCUT2D eigenvalue weighted by Gasteiger charge is -2.36. The van der Waals surface area contributed by atoms with Gasteiger partial charge in [-0.25, -0.2) is 4.79 Å². The summed E-state index contributed by atoms with van der Waals surface area (Å²) in [6, 6.07) is 0. The van der Waals surface area contributed by atoms with Crippen LogP contribution in [0.25, 0.3) is 0 Å². The Kier molecular flexibility index (Phi) is 22.1. The zero-order valence-corrected chi connectivity index (χ0v) is 40.7. The molecule has 20 atom stereocenters. The highest BCUT2D eigenvalue weighted by molar-refractivity contribution is 5.61. The van der Waals surface area contributed by atoms with Gasteiger partial charge in [0.15, 0.2) is 0 Å². The van der Waals surface area contributed by atoms with E-state index in [1.165, 1.54) is 0 Å². The van der Waals surface area contributed by atoms with Crippen LogP contribution in [0.2, 0.25) is 0 Å². The van der Waals surface area contributed by atoms with Gasteiger partial charge in [0.25, 0.3) is 5.95 Å². The molecule has 0 radical (unpaired) electrons. The van der Waals surface area contributed by atoms with Crippen molar-refractivity contribution in [1.29, 1.82) is 0 Å². The van der Waals surface area contributed by atoms with Crippen LogP contribution in [0, 0.1) is 107 Å². The first-order valence-corrected chi connectivity index (χ1v) is 23.6. The maximum Gasteiger partial charge on any atom is 0.508 e. The highest BCUT2D eigenvalue weighted by Crippen LogP contribution is 2.39. The Balaban J connectivity index is 1.87. The first-order valence-electron chi connectivity index (χ1n) is 23.6. The molecule has 0 bridgehead atoms. The minimum Gasteiger partial charge on any atom is -0.462 e. The Hall–Kier alpha value is -2.43. The molecule has 0 aliphatic carbocycles. The summed E-state index contributed by atoms with van der Waals surface area (Å²) in [5.41, 5.74) is 0. The number of hydrogen-bond donors (Lipinski definition) is 0. The molecule has 2 fully saturated rings. The summed E-state index contributed by atoms with van der Waals surface area (Å²) in [5.74, 6) is 10.9. The third kappa shape index (κ3) is 15.6. The van der Waals surface area contributed by atoms with Crippen LogP contribution in [-0.2, 0) is 18.9 Å². The highest BCUT2D eigenvalue weighted by Gasteiger charge is 2.32. The zero-order chi connectivity index (χ0) is 44.0. The summed E-state index contributed by atoms with van der Waals surface area (Å²) in [6.45, 7) is 48.6. The normalized spacial score (nSPS) is 27.3. The van der Waals surface area contributed by atoms with Gasteiger partial charge >= 0.3 is 6.16 Å². The minimum atomic E-state index is -0.544. The number of allylic oxidation sites excluding steroid dienone is 6. The summed E-state index contributed by atoms with van der Waals surface area (Å²) in [4.78, 5) is 11.2. The quantitative estimate of drug-likeness (QED) is 0.0679. The van der Waals surface area contributed by atoms with Gasteiger partial charge in [0, 0.05) is 12.8 Å². The monoisotopic (exact) mass is 809 g/mol. The van der Waals surface area contributed by atoms with E-state index in [2.05, 4.69) is 180 Å². The van der Waals surface area contributed by atoms with Crippen LogP contribution in [0.3, 0.4) is 0 Å². The molecule has 2 rings (SSSR count). The molecule has 0 amide bonds. The van der Waals surface area contributed by atoms with E-state index in [9.17, 15) is 4.79 Å². The number of hydrogen-bond acceptors (Lipinski definition) is 5. The van der Waals surface area contributed by atoms with Crippen molar-refractivity contribution in [2.45, 2.75) is 150 Å². The van der Waals surface area contributed by atoms with Crippen LogP contribution >= 0.6 is 0 Å². The number of carbonyl (C=O) groups excluding carboxylic acids is 1. The molecule has 2 saturated heterocycles. The molecule has 2 heterocycles. The number of ether oxygens (including phenoxy) is 4. The van der Waals surface area contributed by atoms with Crippen molar-refractivity contribution in [2.75, 3.05) is 13.2 Å². The molecule has 2 aliphatic rings. The average Bonchev–Trinajstić information content (AvgIpc) is 3.83. The van der Waals surface area contributed by atoms with Crippen molar-refractivity contribution in [1.82, 2.24) is 0 Å². The second-order valence-electron chi connectivity index (χ2n) is 20.3. The maximum absolute atomic E-state index is 11.2. The summed E-state index contributed by atoms with van der Waals surface area (Å²) in [6.07, 6.45) is 20.2. The lowest BCUT2D eigenvalue weighted by molar-refractivity contribution is 0.118. The average molecular weight is 809 g/mol. The molecule has 2 aliphatic heterocycles. The molecule has 0 aromatic carbocycles. The first-order chi connectivity index (χ1) is 27.1. The summed E-state index contributed by atoms with van der Waals surface area (Å²) >= 11 is 0. The highest BCUT2D eigenvalue weighted by atomic mass is 16.8. The molecule has 5 heteroatoms. The van der Waals surface area contributed by atoms with E-state index >= 15 is 0 Å². The predicted molar refractivity (Wildman–Crippen MR) is 247 cm³/mol. The topological polar surface area (TPSA) is 54.0 Å². The third-order valence-corrected chi connectivity index (χ3v) is 16.9. The van der Waals surface area contributed by atoms with Crippen LogP contribution < -0.4 is 0 Å². The summed E-state index contributed by atoms with van der Waals surface area (Å²) in [5, 5.41) is 0. The Morgan fingerprint density at radius 1 is 0.414 bits per heavy atom. The number of carbonyl (C=O) groups is 1. The Bertz CT molecular complexity index is 1230. The fourth-order valence-electron chi connectivity index (χ4n) is 9.43. The van der Waals surface area contributed by atoms with Gasteiger partial charge in [-0.2, -0.15) is 0 Å². The lowest BCUT2D eigenvalue weighted by atomic mass is 9.69. The fourth-order valence-corrected chi connectivity index (χ4v) is 9.43. The summed E-state index contributed by atoms with van der Waals surface area (Å²) < 4.78 is 21.1. The standard InChI is InChI=1S/C53H92O5/c1-32(22-20-24-51-30-55-50(19)57-51)38(7)44(13)46(15)40(9)34(3)26-28-36(5)42(11)48(17)49(18)43(12)37(6)29-27-35(4)41(10)47(16)45(14)39(8)33(2)23-21-25-52-31-56-53(54)58-52/h20-23,26-29,32-49,51-52H,19,24-25,30-31H2,1-18H3. The van der Waals surface area contributed by atoms with Crippen LogP contribution in [-0.4, -0.2) is 31.6 Å². The van der Waals surface area contributed by atoms with Crippen LogP contribution in [0.1, 0.15) is 137 Å². The molecular formula is C53H92O5. The van der Waals surface area contributed by atoms with Gasteiger partial charge in [-0.3, -0.25) is 0 Å².